The lowest BCUT2D eigenvalue weighted by Crippen LogP contribution is -2.38. The normalized spacial score (nSPS) is 17.8. The van der Waals surface area contributed by atoms with Crippen molar-refractivity contribution < 1.29 is 18.7 Å². The maximum Gasteiger partial charge on any atom is 0.290 e. The van der Waals surface area contributed by atoms with Gasteiger partial charge in [0.2, 0.25) is 5.76 Å². The van der Waals surface area contributed by atoms with Gasteiger partial charge in [0.15, 0.2) is 5.43 Å². The first-order valence-corrected chi connectivity index (χ1v) is 14.0. The van der Waals surface area contributed by atoms with Crippen molar-refractivity contribution in [3.05, 3.63) is 74.6 Å². The van der Waals surface area contributed by atoms with Crippen LogP contribution in [0.4, 0.5) is 0 Å². The van der Waals surface area contributed by atoms with Crippen molar-refractivity contribution in [2.45, 2.75) is 45.1 Å². The molecule has 7 nitrogen and oxygen atoms in total. The van der Waals surface area contributed by atoms with E-state index in [1.54, 1.807) is 23.1 Å². The lowest BCUT2D eigenvalue weighted by molar-refractivity contribution is 0.0353. The zero-order valence-electron chi connectivity index (χ0n) is 21.9. The molecular formula is C30H35ClN2O5. The average Bonchev–Trinajstić information content (AvgIpc) is 3.21. The van der Waals surface area contributed by atoms with Gasteiger partial charge in [-0.25, -0.2) is 0 Å². The second-order valence-corrected chi connectivity index (χ2v) is 10.4. The van der Waals surface area contributed by atoms with Crippen molar-refractivity contribution in [1.29, 1.82) is 0 Å². The number of hydrogen-bond acceptors (Lipinski definition) is 6. The van der Waals surface area contributed by atoms with Gasteiger partial charge in [-0.2, -0.15) is 0 Å². The first kappa shape index (κ1) is 26.7. The van der Waals surface area contributed by atoms with Crippen LogP contribution in [0.1, 0.15) is 66.8 Å². The second-order valence-electron chi connectivity index (χ2n) is 10.0. The highest BCUT2D eigenvalue weighted by Crippen LogP contribution is 2.39. The Morgan fingerprint density at radius 2 is 1.76 bits per heavy atom. The van der Waals surface area contributed by atoms with E-state index in [2.05, 4.69) is 11.8 Å². The van der Waals surface area contributed by atoms with E-state index in [-0.39, 0.29) is 17.1 Å². The molecule has 3 heterocycles. The fourth-order valence-electron chi connectivity index (χ4n) is 5.32. The van der Waals surface area contributed by atoms with Crippen LogP contribution in [0.2, 0.25) is 5.02 Å². The molecule has 0 radical (unpaired) electrons. The van der Waals surface area contributed by atoms with E-state index >= 15 is 0 Å². The third-order valence-corrected chi connectivity index (χ3v) is 7.60. The quantitative estimate of drug-likeness (QED) is 0.293. The Morgan fingerprint density at radius 1 is 0.974 bits per heavy atom. The molecular weight excluding hydrogens is 504 g/mol. The van der Waals surface area contributed by atoms with Crippen LogP contribution in [0.25, 0.3) is 11.0 Å². The predicted molar refractivity (Wildman–Crippen MR) is 148 cm³/mol. The van der Waals surface area contributed by atoms with Crippen LogP contribution in [-0.4, -0.2) is 61.7 Å². The Kier molecular flexibility index (Phi) is 8.67. The Labute approximate surface area is 228 Å². The average molecular weight is 539 g/mol. The smallest absolute Gasteiger partial charge is 0.290 e. The first-order chi connectivity index (χ1) is 18.6. The van der Waals surface area contributed by atoms with Crippen molar-refractivity contribution in [2.24, 2.45) is 0 Å². The number of fused-ring (bicyclic) bond motifs is 2. The number of amides is 1. The van der Waals surface area contributed by atoms with E-state index in [9.17, 15) is 9.59 Å². The highest BCUT2D eigenvalue weighted by atomic mass is 35.5. The van der Waals surface area contributed by atoms with Crippen LogP contribution in [-0.2, 0) is 4.74 Å². The van der Waals surface area contributed by atoms with Crippen LogP contribution in [0, 0.1) is 0 Å². The molecule has 8 heteroatoms. The second kappa shape index (κ2) is 12.3. The highest BCUT2D eigenvalue weighted by molar-refractivity contribution is 6.31. The number of unbranched alkanes of at least 4 members (excludes halogenated alkanes) is 3. The van der Waals surface area contributed by atoms with Gasteiger partial charge in [-0.1, -0.05) is 49.9 Å². The van der Waals surface area contributed by atoms with Gasteiger partial charge in [-0.3, -0.25) is 14.5 Å². The maximum atomic E-state index is 13.7. The van der Waals surface area contributed by atoms with Crippen molar-refractivity contribution >= 4 is 28.5 Å². The molecule has 1 amide bonds. The van der Waals surface area contributed by atoms with E-state index < -0.39 is 6.04 Å². The van der Waals surface area contributed by atoms with E-state index in [4.69, 9.17) is 25.5 Å². The Morgan fingerprint density at radius 3 is 2.53 bits per heavy atom. The molecule has 0 spiro atoms. The third kappa shape index (κ3) is 5.75. The molecule has 1 saturated heterocycles. The highest BCUT2D eigenvalue weighted by Gasteiger charge is 2.42. The summed E-state index contributed by atoms with van der Waals surface area (Å²) in [6.45, 7) is 7.49. The summed E-state index contributed by atoms with van der Waals surface area (Å²) in [6, 6.07) is 12.1. The molecule has 2 aliphatic heterocycles. The monoisotopic (exact) mass is 538 g/mol. The number of carbonyl (C=O) groups excluding carboxylic acids is 1. The Balaban J connectivity index is 1.42. The summed E-state index contributed by atoms with van der Waals surface area (Å²) in [7, 11) is 0. The zero-order valence-corrected chi connectivity index (χ0v) is 22.7. The molecule has 0 aliphatic carbocycles. The molecule has 2 aliphatic rings. The number of ether oxygens (including phenoxy) is 2. The van der Waals surface area contributed by atoms with Gasteiger partial charge in [0.25, 0.3) is 5.91 Å². The van der Waals surface area contributed by atoms with Gasteiger partial charge in [-0.05, 0) is 48.7 Å². The van der Waals surface area contributed by atoms with Crippen molar-refractivity contribution in [3.63, 3.8) is 0 Å². The van der Waals surface area contributed by atoms with Crippen LogP contribution >= 0.6 is 11.6 Å². The molecule has 0 bridgehead atoms. The lowest BCUT2D eigenvalue weighted by atomic mass is 9.98. The third-order valence-electron chi connectivity index (χ3n) is 7.37. The molecule has 1 fully saturated rings. The molecule has 2 aromatic carbocycles. The SMILES string of the molecule is CCCCCCOc1ccc(C2c3c(oc4ccc(Cl)cc4c3=O)C(=O)N2CCCN2CCOCC2)cc1. The molecule has 202 valence electrons. The van der Waals surface area contributed by atoms with Gasteiger partial charge in [-0.15, -0.1) is 0 Å². The lowest BCUT2D eigenvalue weighted by Gasteiger charge is -2.29. The molecule has 1 unspecified atom stereocenters. The summed E-state index contributed by atoms with van der Waals surface area (Å²) in [5, 5.41) is 0.838. The van der Waals surface area contributed by atoms with Gasteiger partial charge in [0, 0.05) is 31.2 Å². The molecule has 1 aromatic heterocycles. The summed E-state index contributed by atoms with van der Waals surface area (Å²) in [5.41, 5.74) is 1.39. The topological polar surface area (TPSA) is 72.2 Å². The van der Waals surface area contributed by atoms with Crippen LogP contribution in [0.15, 0.2) is 51.7 Å². The van der Waals surface area contributed by atoms with E-state index in [1.165, 1.54) is 12.8 Å². The van der Waals surface area contributed by atoms with Gasteiger partial charge in [0.1, 0.15) is 11.3 Å². The number of rotatable bonds is 11. The van der Waals surface area contributed by atoms with Gasteiger partial charge < -0.3 is 18.8 Å². The van der Waals surface area contributed by atoms with Gasteiger partial charge >= 0.3 is 0 Å². The van der Waals surface area contributed by atoms with Crippen LogP contribution < -0.4 is 10.2 Å². The first-order valence-electron chi connectivity index (χ1n) is 13.7. The number of morpholine rings is 1. The van der Waals surface area contributed by atoms with E-state index in [0.29, 0.717) is 34.7 Å². The Bertz CT molecular complexity index is 1320. The fraction of sp³-hybridized carbons (Fsp3) is 0.467. The molecule has 0 N–H and O–H groups in total. The van der Waals surface area contributed by atoms with Crippen molar-refractivity contribution in [2.75, 3.05) is 46.0 Å². The molecule has 38 heavy (non-hydrogen) atoms. The number of carbonyl (C=O) groups is 1. The number of nitrogens with zero attached hydrogens (tertiary/aromatic N) is 2. The van der Waals surface area contributed by atoms with E-state index in [0.717, 1.165) is 63.4 Å². The van der Waals surface area contributed by atoms with E-state index in [1.807, 2.05) is 24.3 Å². The minimum atomic E-state index is -0.527. The largest absolute Gasteiger partial charge is 0.494 e. The molecule has 0 saturated carbocycles. The minimum absolute atomic E-state index is 0.123. The summed E-state index contributed by atoms with van der Waals surface area (Å²) >= 11 is 6.20. The van der Waals surface area contributed by atoms with Crippen LogP contribution in [0.5, 0.6) is 5.75 Å². The van der Waals surface area contributed by atoms with Gasteiger partial charge in [0.05, 0.1) is 36.8 Å². The summed E-state index contributed by atoms with van der Waals surface area (Å²) in [6.07, 6.45) is 5.36. The van der Waals surface area contributed by atoms with Crippen molar-refractivity contribution in [3.8, 4) is 5.75 Å². The number of halogens is 1. The summed E-state index contributed by atoms with van der Waals surface area (Å²) < 4.78 is 17.4. The number of hydrogen-bond donors (Lipinski definition) is 0. The molecule has 1 atom stereocenters. The van der Waals surface area contributed by atoms with Crippen molar-refractivity contribution in [1.82, 2.24) is 9.80 Å². The minimum Gasteiger partial charge on any atom is -0.494 e. The fourth-order valence-corrected chi connectivity index (χ4v) is 5.50. The molecule has 3 aromatic rings. The standard InChI is InChI=1S/C30H35ClN2O5/c1-2-3-4-5-17-37-23-10-7-21(8-11-23)27-26-28(34)24-20-22(31)9-12-25(24)38-29(26)30(35)33(27)14-6-13-32-15-18-36-19-16-32/h7-12,20,27H,2-6,13-19H2,1H3. The predicted octanol–water partition coefficient (Wildman–Crippen LogP) is 5.67. The van der Waals surface area contributed by atoms with Crippen LogP contribution in [0.3, 0.4) is 0 Å². The summed E-state index contributed by atoms with van der Waals surface area (Å²) in [4.78, 5) is 31.5. The Hall–Kier alpha value is -2.87. The zero-order chi connectivity index (χ0) is 26.5. The number of benzene rings is 2. The maximum absolute atomic E-state index is 13.7. The summed E-state index contributed by atoms with van der Waals surface area (Å²) in [5.74, 6) is 0.653. The molecule has 5 rings (SSSR count).